The SMILES string of the molecule is Cc1ccc(-c2noc(CC3(CN)CCCCC3)n2)cc1.Cl. The summed E-state index contributed by atoms with van der Waals surface area (Å²) in [5, 5.41) is 4.12. The Bertz CT molecular complexity index is 588. The van der Waals surface area contributed by atoms with Crippen molar-refractivity contribution < 1.29 is 4.52 Å². The van der Waals surface area contributed by atoms with E-state index in [9.17, 15) is 0 Å². The molecular formula is C17H24ClN3O. The van der Waals surface area contributed by atoms with Crippen LogP contribution in [-0.2, 0) is 6.42 Å². The van der Waals surface area contributed by atoms with Gasteiger partial charge in [-0.3, -0.25) is 0 Å². The van der Waals surface area contributed by atoms with Crippen molar-refractivity contribution in [3.63, 3.8) is 0 Å². The van der Waals surface area contributed by atoms with Gasteiger partial charge in [-0.25, -0.2) is 0 Å². The number of nitrogens with zero attached hydrogens (tertiary/aromatic N) is 2. The van der Waals surface area contributed by atoms with Crippen molar-refractivity contribution in [2.75, 3.05) is 6.54 Å². The van der Waals surface area contributed by atoms with Crippen LogP contribution in [-0.4, -0.2) is 16.7 Å². The zero-order valence-electron chi connectivity index (χ0n) is 13.0. The maximum absolute atomic E-state index is 6.03. The smallest absolute Gasteiger partial charge is 0.227 e. The number of aryl methyl sites for hydroxylation is 1. The van der Waals surface area contributed by atoms with Crippen LogP contribution in [0.25, 0.3) is 11.4 Å². The van der Waals surface area contributed by atoms with Gasteiger partial charge < -0.3 is 10.3 Å². The standard InChI is InChI=1S/C17H23N3O.ClH/c1-13-5-7-14(8-6-13)16-19-15(21-20-16)11-17(12-18)9-3-2-4-10-17;/h5-8H,2-4,9-12,18H2,1H3;1H. The van der Waals surface area contributed by atoms with Crippen molar-refractivity contribution in [2.24, 2.45) is 11.1 Å². The van der Waals surface area contributed by atoms with Crippen LogP contribution < -0.4 is 5.73 Å². The predicted molar refractivity (Wildman–Crippen MR) is 90.0 cm³/mol. The van der Waals surface area contributed by atoms with Crippen LogP contribution in [0.15, 0.2) is 28.8 Å². The zero-order chi connectivity index (χ0) is 14.7. The average molecular weight is 322 g/mol. The Kier molecular flexibility index (Phi) is 5.59. The highest BCUT2D eigenvalue weighted by Gasteiger charge is 2.32. The number of aromatic nitrogens is 2. The van der Waals surface area contributed by atoms with Gasteiger partial charge in [-0.05, 0) is 31.7 Å². The molecule has 1 saturated carbocycles. The van der Waals surface area contributed by atoms with Crippen LogP contribution in [0.2, 0.25) is 0 Å². The summed E-state index contributed by atoms with van der Waals surface area (Å²) in [6.07, 6.45) is 6.99. The fourth-order valence-electron chi connectivity index (χ4n) is 3.22. The van der Waals surface area contributed by atoms with Crippen molar-refractivity contribution in [3.05, 3.63) is 35.7 Å². The van der Waals surface area contributed by atoms with Gasteiger partial charge >= 0.3 is 0 Å². The minimum absolute atomic E-state index is 0. The second kappa shape index (κ2) is 7.25. The third kappa shape index (κ3) is 3.68. The van der Waals surface area contributed by atoms with Gasteiger partial charge in [0.2, 0.25) is 11.7 Å². The van der Waals surface area contributed by atoms with Gasteiger partial charge in [0, 0.05) is 12.0 Å². The maximum atomic E-state index is 6.03. The molecule has 4 nitrogen and oxygen atoms in total. The van der Waals surface area contributed by atoms with E-state index in [2.05, 4.69) is 29.2 Å². The lowest BCUT2D eigenvalue weighted by Crippen LogP contribution is -2.35. The fourth-order valence-corrected chi connectivity index (χ4v) is 3.22. The summed E-state index contributed by atoms with van der Waals surface area (Å²) in [7, 11) is 0. The Morgan fingerprint density at radius 1 is 1.14 bits per heavy atom. The van der Waals surface area contributed by atoms with E-state index in [-0.39, 0.29) is 17.8 Å². The molecule has 120 valence electrons. The van der Waals surface area contributed by atoms with Crippen LogP contribution in [0.3, 0.4) is 0 Å². The molecule has 0 amide bonds. The second-order valence-electron chi connectivity index (χ2n) is 6.32. The molecule has 1 fully saturated rings. The first-order chi connectivity index (χ1) is 10.2. The van der Waals surface area contributed by atoms with Gasteiger partial charge in [0.15, 0.2) is 0 Å². The second-order valence-corrected chi connectivity index (χ2v) is 6.32. The quantitative estimate of drug-likeness (QED) is 0.927. The summed E-state index contributed by atoms with van der Waals surface area (Å²) >= 11 is 0. The van der Waals surface area contributed by atoms with Gasteiger partial charge in [-0.15, -0.1) is 12.4 Å². The van der Waals surface area contributed by atoms with Gasteiger partial charge in [-0.1, -0.05) is 54.2 Å². The van der Waals surface area contributed by atoms with Crippen molar-refractivity contribution in [2.45, 2.75) is 45.4 Å². The minimum atomic E-state index is 0. The van der Waals surface area contributed by atoms with E-state index < -0.39 is 0 Å². The van der Waals surface area contributed by atoms with Crippen molar-refractivity contribution in [1.82, 2.24) is 10.1 Å². The van der Waals surface area contributed by atoms with Crippen LogP contribution in [0.1, 0.15) is 43.6 Å². The molecule has 1 aromatic heterocycles. The number of hydrogen-bond donors (Lipinski definition) is 1. The number of nitrogens with two attached hydrogens (primary N) is 1. The lowest BCUT2D eigenvalue weighted by molar-refractivity contribution is 0.177. The molecule has 0 unspecified atom stereocenters. The van der Waals surface area contributed by atoms with Gasteiger partial charge in [-0.2, -0.15) is 4.98 Å². The number of benzene rings is 1. The molecule has 0 spiro atoms. The van der Waals surface area contributed by atoms with E-state index in [1.54, 1.807) is 0 Å². The molecule has 3 rings (SSSR count). The van der Waals surface area contributed by atoms with E-state index in [1.807, 2.05) is 12.1 Å². The Hall–Kier alpha value is -1.39. The Labute approximate surface area is 137 Å². The molecule has 2 N–H and O–H groups in total. The largest absolute Gasteiger partial charge is 0.339 e. The molecule has 1 aliphatic rings. The molecule has 0 bridgehead atoms. The molecular weight excluding hydrogens is 298 g/mol. The minimum Gasteiger partial charge on any atom is -0.339 e. The first-order valence-corrected chi connectivity index (χ1v) is 7.80. The molecule has 0 aliphatic heterocycles. The molecule has 22 heavy (non-hydrogen) atoms. The molecule has 1 heterocycles. The molecule has 0 radical (unpaired) electrons. The number of halogens is 1. The average Bonchev–Trinajstić information content (AvgIpc) is 2.97. The summed E-state index contributed by atoms with van der Waals surface area (Å²) in [5.74, 6) is 1.39. The highest BCUT2D eigenvalue weighted by atomic mass is 35.5. The van der Waals surface area contributed by atoms with Crippen LogP contribution in [0.4, 0.5) is 0 Å². The van der Waals surface area contributed by atoms with Gasteiger partial charge in [0.1, 0.15) is 0 Å². The lowest BCUT2D eigenvalue weighted by atomic mass is 9.72. The van der Waals surface area contributed by atoms with Crippen LogP contribution >= 0.6 is 12.4 Å². The van der Waals surface area contributed by atoms with E-state index in [1.165, 1.54) is 37.7 Å². The fraction of sp³-hybridized carbons (Fsp3) is 0.529. The van der Waals surface area contributed by atoms with E-state index in [4.69, 9.17) is 10.3 Å². The Morgan fingerprint density at radius 3 is 2.45 bits per heavy atom. The Balaban J connectivity index is 0.00000176. The topological polar surface area (TPSA) is 64.9 Å². The van der Waals surface area contributed by atoms with Crippen molar-refractivity contribution in [3.8, 4) is 11.4 Å². The van der Waals surface area contributed by atoms with E-state index >= 15 is 0 Å². The summed E-state index contributed by atoms with van der Waals surface area (Å²) < 4.78 is 5.46. The zero-order valence-corrected chi connectivity index (χ0v) is 13.9. The summed E-state index contributed by atoms with van der Waals surface area (Å²) in [5.41, 5.74) is 8.42. The summed E-state index contributed by atoms with van der Waals surface area (Å²) in [6.45, 7) is 2.77. The van der Waals surface area contributed by atoms with E-state index in [0.717, 1.165) is 17.9 Å². The summed E-state index contributed by atoms with van der Waals surface area (Å²) in [4.78, 5) is 4.56. The maximum Gasteiger partial charge on any atom is 0.227 e. The molecule has 0 saturated heterocycles. The monoisotopic (exact) mass is 321 g/mol. The highest BCUT2D eigenvalue weighted by Crippen LogP contribution is 2.38. The Morgan fingerprint density at radius 2 is 1.82 bits per heavy atom. The number of hydrogen-bond acceptors (Lipinski definition) is 4. The van der Waals surface area contributed by atoms with Crippen LogP contribution in [0.5, 0.6) is 0 Å². The summed E-state index contributed by atoms with van der Waals surface area (Å²) in [6, 6.07) is 8.19. The first kappa shape index (κ1) is 17.0. The molecule has 1 aromatic carbocycles. The predicted octanol–water partition coefficient (Wildman–Crippen LogP) is 3.92. The normalized spacial score (nSPS) is 17.0. The van der Waals surface area contributed by atoms with Crippen molar-refractivity contribution in [1.29, 1.82) is 0 Å². The molecule has 1 aliphatic carbocycles. The third-order valence-electron chi connectivity index (χ3n) is 4.65. The van der Waals surface area contributed by atoms with Gasteiger partial charge in [0.05, 0.1) is 0 Å². The third-order valence-corrected chi connectivity index (χ3v) is 4.65. The highest BCUT2D eigenvalue weighted by molar-refractivity contribution is 5.85. The van der Waals surface area contributed by atoms with Crippen LogP contribution in [0, 0.1) is 12.3 Å². The molecule has 0 atom stereocenters. The van der Waals surface area contributed by atoms with Gasteiger partial charge in [0.25, 0.3) is 0 Å². The van der Waals surface area contributed by atoms with E-state index in [0.29, 0.717) is 12.4 Å². The first-order valence-electron chi connectivity index (χ1n) is 7.80. The molecule has 5 heteroatoms. The van der Waals surface area contributed by atoms with Crippen molar-refractivity contribution >= 4 is 12.4 Å². The molecule has 2 aromatic rings. The number of rotatable bonds is 4. The lowest BCUT2D eigenvalue weighted by Gasteiger charge is -2.34.